The van der Waals surface area contributed by atoms with Gasteiger partial charge in [-0.15, -0.1) is 0 Å². The van der Waals surface area contributed by atoms with Crippen molar-refractivity contribution in [1.82, 2.24) is 4.98 Å². The average molecular weight is 287 g/mol. The number of piperidine rings is 1. The van der Waals surface area contributed by atoms with Crippen molar-refractivity contribution >= 4 is 17.4 Å². The minimum atomic E-state index is 0.0223. The Labute approximate surface area is 124 Å². The Hall–Kier alpha value is -1.88. The molecule has 1 amide bonds. The van der Waals surface area contributed by atoms with Crippen LogP contribution in [-0.2, 0) is 4.79 Å². The van der Waals surface area contributed by atoms with E-state index in [4.69, 9.17) is 0 Å². The molecule has 1 N–H and O–H groups in total. The zero-order valence-corrected chi connectivity index (χ0v) is 12.1. The maximum atomic E-state index is 11.8. The number of aliphatic hydroxyl groups excluding tert-OH is 1. The Bertz CT molecular complexity index is 527. The van der Waals surface area contributed by atoms with E-state index in [1.807, 2.05) is 18.2 Å². The zero-order chi connectivity index (χ0) is 14.7. The number of nitrogens with zero attached hydrogens (tertiary/aromatic N) is 3. The van der Waals surface area contributed by atoms with Gasteiger partial charge in [-0.3, -0.25) is 4.79 Å². The van der Waals surface area contributed by atoms with Gasteiger partial charge in [0.25, 0.3) is 5.91 Å². The van der Waals surface area contributed by atoms with Gasteiger partial charge in [-0.05, 0) is 43.4 Å². The Kier molecular flexibility index (Phi) is 4.20. The second kappa shape index (κ2) is 6.26. The first-order valence-electron chi connectivity index (χ1n) is 7.58. The fourth-order valence-electron chi connectivity index (χ4n) is 2.99. The lowest BCUT2D eigenvalue weighted by atomic mass is 9.99. The monoisotopic (exact) mass is 287 g/mol. The van der Waals surface area contributed by atoms with Gasteiger partial charge in [0.1, 0.15) is 5.82 Å². The molecule has 1 saturated heterocycles. The van der Waals surface area contributed by atoms with Crippen LogP contribution in [-0.4, -0.2) is 42.2 Å². The number of pyridine rings is 1. The fraction of sp³-hybridized carbons (Fsp3) is 0.500. The highest BCUT2D eigenvalue weighted by Gasteiger charge is 2.21. The molecule has 0 saturated carbocycles. The Morgan fingerprint density at radius 2 is 2.24 bits per heavy atom. The van der Waals surface area contributed by atoms with Crippen molar-refractivity contribution < 1.29 is 9.90 Å². The van der Waals surface area contributed by atoms with Gasteiger partial charge in [0.2, 0.25) is 0 Å². The number of aromatic nitrogens is 1. The van der Waals surface area contributed by atoms with Crippen LogP contribution >= 0.6 is 0 Å². The molecule has 0 spiro atoms. The van der Waals surface area contributed by atoms with Gasteiger partial charge >= 0.3 is 0 Å². The van der Waals surface area contributed by atoms with Crippen molar-refractivity contribution in [2.75, 3.05) is 36.0 Å². The van der Waals surface area contributed by atoms with Crippen LogP contribution in [0, 0.1) is 5.92 Å². The number of carbonyl (C=O) groups excluding carboxylic acids is 1. The molecular weight excluding hydrogens is 266 g/mol. The molecule has 3 heterocycles. The van der Waals surface area contributed by atoms with E-state index in [1.54, 1.807) is 17.2 Å². The van der Waals surface area contributed by atoms with Crippen LogP contribution in [0.25, 0.3) is 0 Å². The fourth-order valence-corrected chi connectivity index (χ4v) is 2.99. The van der Waals surface area contributed by atoms with Crippen molar-refractivity contribution in [2.24, 2.45) is 5.92 Å². The largest absolute Gasteiger partial charge is 0.396 e. The summed E-state index contributed by atoms with van der Waals surface area (Å²) in [5, 5.41) is 9.30. The molecule has 112 valence electrons. The molecule has 1 unspecified atom stereocenters. The van der Waals surface area contributed by atoms with E-state index >= 15 is 0 Å². The highest BCUT2D eigenvalue weighted by atomic mass is 16.3. The number of hydrogen-bond acceptors (Lipinski definition) is 4. The summed E-state index contributed by atoms with van der Waals surface area (Å²) in [7, 11) is 0. The summed E-state index contributed by atoms with van der Waals surface area (Å²) in [6, 6.07) is 3.93. The third-order valence-corrected chi connectivity index (χ3v) is 4.19. The van der Waals surface area contributed by atoms with Crippen LogP contribution in [0.2, 0.25) is 0 Å². The Morgan fingerprint density at radius 1 is 1.33 bits per heavy atom. The molecule has 21 heavy (non-hydrogen) atoms. The second-order valence-electron chi connectivity index (χ2n) is 5.69. The normalized spacial score (nSPS) is 22.7. The van der Waals surface area contributed by atoms with Gasteiger partial charge in [-0.25, -0.2) is 4.98 Å². The van der Waals surface area contributed by atoms with Gasteiger partial charge in [-0.1, -0.05) is 6.08 Å². The van der Waals surface area contributed by atoms with Crippen LogP contribution in [0.3, 0.4) is 0 Å². The van der Waals surface area contributed by atoms with Crippen LogP contribution < -0.4 is 9.80 Å². The third-order valence-electron chi connectivity index (χ3n) is 4.19. The summed E-state index contributed by atoms with van der Waals surface area (Å²) < 4.78 is 0. The van der Waals surface area contributed by atoms with Crippen molar-refractivity contribution in [1.29, 1.82) is 0 Å². The number of carbonyl (C=O) groups is 1. The summed E-state index contributed by atoms with van der Waals surface area (Å²) in [6.45, 7) is 2.79. The molecule has 5 nitrogen and oxygen atoms in total. The SMILES string of the molecule is O=C1C=CCCN1c1ccc(N2CCCC(CO)C2)nc1. The van der Waals surface area contributed by atoms with Crippen molar-refractivity contribution in [3.63, 3.8) is 0 Å². The third kappa shape index (κ3) is 3.08. The van der Waals surface area contributed by atoms with Gasteiger partial charge in [0.05, 0.1) is 11.9 Å². The molecule has 1 fully saturated rings. The molecule has 3 rings (SSSR count). The average Bonchev–Trinajstić information content (AvgIpc) is 2.56. The lowest BCUT2D eigenvalue weighted by Gasteiger charge is -2.33. The molecule has 0 radical (unpaired) electrons. The van der Waals surface area contributed by atoms with Crippen molar-refractivity contribution in [2.45, 2.75) is 19.3 Å². The van der Waals surface area contributed by atoms with E-state index in [0.29, 0.717) is 12.5 Å². The Morgan fingerprint density at radius 3 is 2.95 bits per heavy atom. The lowest BCUT2D eigenvalue weighted by Crippen LogP contribution is -2.37. The highest BCUT2D eigenvalue weighted by Crippen LogP contribution is 2.24. The van der Waals surface area contributed by atoms with Crippen LogP contribution in [0.5, 0.6) is 0 Å². The molecule has 0 bridgehead atoms. The number of anilines is 2. The van der Waals surface area contributed by atoms with E-state index in [1.165, 1.54) is 0 Å². The van der Waals surface area contributed by atoms with E-state index in [9.17, 15) is 9.90 Å². The first kappa shape index (κ1) is 14.1. The number of rotatable bonds is 3. The highest BCUT2D eigenvalue weighted by molar-refractivity contribution is 6.02. The van der Waals surface area contributed by atoms with Crippen LogP contribution in [0.1, 0.15) is 19.3 Å². The van der Waals surface area contributed by atoms with E-state index in [-0.39, 0.29) is 12.5 Å². The van der Waals surface area contributed by atoms with Gasteiger partial charge in [0.15, 0.2) is 0 Å². The van der Waals surface area contributed by atoms with Crippen molar-refractivity contribution in [3.8, 4) is 0 Å². The first-order chi connectivity index (χ1) is 10.3. The molecule has 1 aromatic heterocycles. The molecule has 0 aliphatic carbocycles. The quantitative estimate of drug-likeness (QED) is 0.917. The Balaban J connectivity index is 1.72. The summed E-state index contributed by atoms with van der Waals surface area (Å²) in [4.78, 5) is 20.3. The summed E-state index contributed by atoms with van der Waals surface area (Å²) in [5.74, 6) is 1.29. The standard InChI is InChI=1S/C16H21N3O2/c20-12-13-4-3-8-18(11-13)15-7-6-14(10-17-15)19-9-2-1-5-16(19)21/h1,5-7,10,13,20H,2-4,8-9,11-12H2. The van der Waals surface area contributed by atoms with E-state index in [0.717, 1.165) is 43.9 Å². The van der Waals surface area contributed by atoms with E-state index < -0.39 is 0 Å². The minimum absolute atomic E-state index is 0.0223. The van der Waals surface area contributed by atoms with Gasteiger partial charge < -0.3 is 14.9 Å². The lowest BCUT2D eigenvalue weighted by molar-refractivity contribution is -0.114. The predicted molar refractivity (Wildman–Crippen MR) is 82.4 cm³/mol. The number of aliphatic hydroxyl groups is 1. The van der Waals surface area contributed by atoms with Crippen LogP contribution in [0.4, 0.5) is 11.5 Å². The minimum Gasteiger partial charge on any atom is -0.396 e. The maximum absolute atomic E-state index is 11.8. The predicted octanol–water partition coefficient (Wildman–Crippen LogP) is 1.58. The molecule has 5 heteroatoms. The maximum Gasteiger partial charge on any atom is 0.250 e. The molecule has 1 atom stereocenters. The first-order valence-corrected chi connectivity index (χ1v) is 7.58. The number of hydrogen-bond donors (Lipinski definition) is 1. The molecule has 0 aromatic carbocycles. The van der Waals surface area contributed by atoms with Gasteiger partial charge in [-0.2, -0.15) is 0 Å². The zero-order valence-electron chi connectivity index (χ0n) is 12.1. The second-order valence-corrected chi connectivity index (χ2v) is 5.69. The molecule has 2 aliphatic rings. The topological polar surface area (TPSA) is 56.7 Å². The van der Waals surface area contributed by atoms with Gasteiger partial charge in [0, 0.05) is 26.2 Å². The molecular formula is C16H21N3O2. The number of amides is 1. The van der Waals surface area contributed by atoms with Crippen molar-refractivity contribution in [3.05, 3.63) is 30.5 Å². The van der Waals surface area contributed by atoms with E-state index in [2.05, 4.69) is 9.88 Å². The van der Waals surface area contributed by atoms with Crippen LogP contribution in [0.15, 0.2) is 30.5 Å². The summed E-state index contributed by atoms with van der Waals surface area (Å²) in [6.07, 6.45) is 8.35. The molecule has 1 aromatic rings. The summed E-state index contributed by atoms with van der Waals surface area (Å²) >= 11 is 0. The summed E-state index contributed by atoms with van der Waals surface area (Å²) in [5.41, 5.74) is 0.851. The molecule has 2 aliphatic heterocycles. The smallest absolute Gasteiger partial charge is 0.250 e.